The number of nitrogens with one attached hydrogen (secondary N) is 2. The quantitative estimate of drug-likeness (QED) is 0.298. The number of H-pyrrole nitrogens is 2. The van der Waals surface area contributed by atoms with Crippen molar-refractivity contribution in [2.75, 3.05) is 13.1 Å². The standard InChI is InChI=1S/C25H29FN6O2/c1-3-14-9-23(34)18(26)10-17(14)15-4-5-16-21(8-15)30-31-24(16)25-28-20-6-7-32(12-22(20)29-25)11-19(27)13(2)33/h4-5,8-10,13,19,33-34H,3,6-7,11-12,27H2,1-2H3,(H,28,29)(H,30,31)/t13-,19-/m1/s1. The van der Waals surface area contributed by atoms with E-state index >= 15 is 0 Å². The van der Waals surface area contributed by atoms with Crippen LogP contribution >= 0.6 is 0 Å². The summed E-state index contributed by atoms with van der Waals surface area (Å²) in [5, 5.41) is 28.0. The minimum atomic E-state index is -0.637. The van der Waals surface area contributed by atoms with Gasteiger partial charge in [-0.05, 0) is 54.3 Å². The van der Waals surface area contributed by atoms with E-state index in [2.05, 4.69) is 20.1 Å². The Morgan fingerprint density at radius 2 is 2.09 bits per heavy atom. The van der Waals surface area contributed by atoms with Gasteiger partial charge in [-0.3, -0.25) is 10.00 Å². The lowest BCUT2D eigenvalue weighted by Crippen LogP contribution is -2.45. The number of aryl methyl sites for hydroxylation is 1. The van der Waals surface area contributed by atoms with Crippen molar-refractivity contribution in [2.45, 2.75) is 45.4 Å². The average molecular weight is 465 g/mol. The number of aromatic hydroxyl groups is 1. The van der Waals surface area contributed by atoms with E-state index < -0.39 is 11.9 Å². The second-order valence-corrected chi connectivity index (χ2v) is 9.05. The fraction of sp³-hybridized carbons (Fsp3) is 0.360. The molecule has 1 aliphatic rings. The summed E-state index contributed by atoms with van der Waals surface area (Å²) in [7, 11) is 0. The molecule has 8 nitrogen and oxygen atoms in total. The summed E-state index contributed by atoms with van der Waals surface area (Å²) in [6.45, 7) is 5.84. The zero-order valence-electron chi connectivity index (χ0n) is 19.3. The number of rotatable bonds is 6. The van der Waals surface area contributed by atoms with Gasteiger partial charge in [0.25, 0.3) is 0 Å². The Labute approximate surface area is 196 Å². The third-order valence-corrected chi connectivity index (χ3v) is 6.65. The Hall–Kier alpha value is -3.27. The van der Waals surface area contributed by atoms with Gasteiger partial charge in [-0.1, -0.05) is 13.0 Å². The Morgan fingerprint density at radius 1 is 1.26 bits per heavy atom. The number of fused-ring (bicyclic) bond motifs is 2. The Bertz CT molecular complexity index is 1340. The molecule has 5 rings (SSSR count). The predicted molar refractivity (Wildman–Crippen MR) is 129 cm³/mol. The predicted octanol–water partition coefficient (Wildman–Crippen LogP) is 3.09. The van der Waals surface area contributed by atoms with Crippen LogP contribution < -0.4 is 5.73 Å². The highest BCUT2D eigenvalue weighted by atomic mass is 19.1. The molecule has 178 valence electrons. The first-order chi connectivity index (χ1) is 16.3. The van der Waals surface area contributed by atoms with Crippen LogP contribution in [0.25, 0.3) is 33.5 Å². The first-order valence-electron chi connectivity index (χ1n) is 11.6. The number of phenolic OH excluding ortho intramolecular Hbond substituents is 1. The normalized spacial score (nSPS) is 16.0. The lowest BCUT2D eigenvalue weighted by atomic mass is 9.96. The zero-order valence-corrected chi connectivity index (χ0v) is 19.3. The maximum atomic E-state index is 14.1. The second-order valence-electron chi connectivity index (χ2n) is 9.05. The van der Waals surface area contributed by atoms with Crippen molar-refractivity contribution in [3.05, 3.63) is 53.1 Å². The van der Waals surface area contributed by atoms with Crippen LogP contribution in [0.1, 0.15) is 30.8 Å². The molecule has 0 radical (unpaired) electrons. The molecular weight excluding hydrogens is 435 g/mol. The number of imidazole rings is 1. The second kappa shape index (κ2) is 8.83. The molecule has 0 spiro atoms. The monoisotopic (exact) mass is 464 g/mol. The number of nitrogens with two attached hydrogens (primary N) is 1. The van der Waals surface area contributed by atoms with Crippen LogP contribution in [0.5, 0.6) is 5.75 Å². The van der Waals surface area contributed by atoms with Gasteiger partial charge in [0.1, 0.15) is 5.69 Å². The van der Waals surface area contributed by atoms with Crippen molar-refractivity contribution in [1.29, 1.82) is 0 Å². The van der Waals surface area contributed by atoms with Crippen molar-refractivity contribution >= 4 is 10.9 Å². The molecule has 0 fully saturated rings. The zero-order chi connectivity index (χ0) is 24.0. The van der Waals surface area contributed by atoms with Crippen molar-refractivity contribution in [3.8, 4) is 28.4 Å². The molecule has 0 bridgehead atoms. The molecule has 0 amide bonds. The highest BCUT2D eigenvalue weighted by Gasteiger charge is 2.24. The molecule has 2 atom stereocenters. The highest BCUT2D eigenvalue weighted by Crippen LogP contribution is 2.34. The van der Waals surface area contributed by atoms with Gasteiger partial charge < -0.3 is 20.9 Å². The number of aromatic nitrogens is 4. The van der Waals surface area contributed by atoms with Crippen molar-refractivity contribution < 1.29 is 14.6 Å². The molecule has 1 aliphatic heterocycles. The summed E-state index contributed by atoms with van der Waals surface area (Å²) >= 11 is 0. The molecule has 34 heavy (non-hydrogen) atoms. The van der Waals surface area contributed by atoms with Gasteiger partial charge in [0, 0.05) is 37.5 Å². The molecule has 0 aliphatic carbocycles. The van der Waals surface area contributed by atoms with Crippen LogP contribution in [0.2, 0.25) is 0 Å². The fourth-order valence-electron chi connectivity index (χ4n) is 4.60. The molecule has 0 saturated heterocycles. The molecule has 4 aromatic rings. The van der Waals surface area contributed by atoms with Crippen LogP contribution in [-0.4, -0.2) is 60.5 Å². The van der Waals surface area contributed by atoms with Gasteiger partial charge >= 0.3 is 0 Å². The number of aliphatic hydroxyl groups is 1. The van der Waals surface area contributed by atoms with Crippen molar-refractivity contribution in [2.24, 2.45) is 5.73 Å². The van der Waals surface area contributed by atoms with Gasteiger partial charge in [-0.15, -0.1) is 0 Å². The molecule has 2 aromatic carbocycles. The van der Waals surface area contributed by atoms with Crippen LogP contribution in [-0.2, 0) is 19.4 Å². The number of phenols is 1. The van der Waals surface area contributed by atoms with Gasteiger partial charge in [0.15, 0.2) is 17.4 Å². The number of aromatic amines is 2. The van der Waals surface area contributed by atoms with E-state index in [1.165, 1.54) is 12.1 Å². The van der Waals surface area contributed by atoms with E-state index in [9.17, 15) is 14.6 Å². The summed E-state index contributed by atoms with van der Waals surface area (Å²) in [5.41, 5.74) is 12.1. The lowest BCUT2D eigenvalue weighted by Gasteiger charge is -2.29. The van der Waals surface area contributed by atoms with Crippen molar-refractivity contribution in [3.63, 3.8) is 0 Å². The molecule has 0 saturated carbocycles. The van der Waals surface area contributed by atoms with Crippen LogP contribution in [0, 0.1) is 5.82 Å². The van der Waals surface area contributed by atoms with Crippen LogP contribution in [0.4, 0.5) is 4.39 Å². The number of benzene rings is 2. The fourth-order valence-corrected chi connectivity index (χ4v) is 4.60. The Balaban J connectivity index is 1.44. The first-order valence-corrected chi connectivity index (χ1v) is 11.6. The molecular formula is C25H29FN6O2. The van der Waals surface area contributed by atoms with E-state index in [1.807, 2.05) is 25.1 Å². The van der Waals surface area contributed by atoms with Crippen molar-refractivity contribution in [1.82, 2.24) is 25.1 Å². The lowest BCUT2D eigenvalue weighted by molar-refractivity contribution is 0.127. The number of hydrogen-bond donors (Lipinski definition) is 5. The van der Waals surface area contributed by atoms with E-state index in [1.54, 1.807) is 6.92 Å². The Kier molecular flexibility index (Phi) is 5.85. The number of aliphatic hydroxyl groups excluding tert-OH is 1. The van der Waals surface area contributed by atoms with E-state index in [0.29, 0.717) is 25.3 Å². The van der Waals surface area contributed by atoms with Crippen LogP contribution in [0.3, 0.4) is 0 Å². The summed E-state index contributed by atoms with van der Waals surface area (Å²) in [6.07, 6.45) is 0.925. The first kappa shape index (κ1) is 22.5. The van der Waals surface area contributed by atoms with Gasteiger partial charge in [-0.2, -0.15) is 5.10 Å². The Morgan fingerprint density at radius 3 is 2.85 bits per heavy atom. The highest BCUT2D eigenvalue weighted by molar-refractivity contribution is 5.94. The number of hydrogen-bond acceptors (Lipinski definition) is 6. The maximum Gasteiger partial charge on any atom is 0.165 e. The van der Waals surface area contributed by atoms with Gasteiger partial charge in [0.05, 0.1) is 23.0 Å². The molecule has 0 unspecified atom stereocenters. The summed E-state index contributed by atoms with van der Waals surface area (Å²) in [5.74, 6) is -0.267. The molecule has 2 aromatic heterocycles. The largest absolute Gasteiger partial charge is 0.505 e. The molecule has 6 N–H and O–H groups in total. The number of nitrogens with zero attached hydrogens (tertiary/aromatic N) is 3. The average Bonchev–Trinajstić information content (AvgIpc) is 3.43. The minimum Gasteiger partial charge on any atom is -0.505 e. The molecule has 9 heteroatoms. The minimum absolute atomic E-state index is 0.288. The topological polar surface area (TPSA) is 127 Å². The maximum absolute atomic E-state index is 14.1. The number of halogens is 1. The summed E-state index contributed by atoms with van der Waals surface area (Å²) in [4.78, 5) is 10.4. The summed E-state index contributed by atoms with van der Waals surface area (Å²) in [6, 6.07) is 8.42. The van der Waals surface area contributed by atoms with Gasteiger partial charge in [0.2, 0.25) is 0 Å². The van der Waals surface area contributed by atoms with Crippen LogP contribution in [0.15, 0.2) is 30.3 Å². The van der Waals surface area contributed by atoms with E-state index in [0.717, 1.165) is 57.6 Å². The smallest absolute Gasteiger partial charge is 0.165 e. The SMILES string of the molecule is CCc1cc(O)c(F)cc1-c1ccc2c(-c3nc4c([nH]3)CN(C[C@@H](N)[C@@H](C)O)CC4)n[nH]c2c1. The third-order valence-electron chi connectivity index (χ3n) is 6.65. The van der Waals surface area contributed by atoms with E-state index in [4.69, 9.17) is 10.7 Å². The van der Waals surface area contributed by atoms with Gasteiger partial charge in [-0.25, -0.2) is 9.37 Å². The molecule has 3 heterocycles. The third kappa shape index (κ3) is 4.06. The van der Waals surface area contributed by atoms with E-state index in [-0.39, 0.29) is 11.8 Å². The summed E-state index contributed by atoms with van der Waals surface area (Å²) < 4.78 is 14.1.